The zero-order valence-corrected chi connectivity index (χ0v) is 27.9. The van der Waals surface area contributed by atoms with Crippen molar-refractivity contribution in [2.45, 2.75) is 99.0 Å². The van der Waals surface area contributed by atoms with E-state index in [4.69, 9.17) is 32.8 Å². The summed E-state index contributed by atoms with van der Waals surface area (Å²) >= 11 is 0. The topological polar surface area (TPSA) is 345 Å². The van der Waals surface area contributed by atoms with E-state index in [1.807, 2.05) is 0 Å². The molecule has 3 aromatic rings. The molecule has 6 rings (SSSR count). The van der Waals surface area contributed by atoms with E-state index < -0.39 is 138 Å². The lowest BCUT2D eigenvalue weighted by atomic mass is 9.98. The van der Waals surface area contributed by atoms with Crippen molar-refractivity contribution in [3.63, 3.8) is 0 Å². The van der Waals surface area contributed by atoms with E-state index in [9.17, 15) is 70.9 Å². The minimum absolute atomic E-state index is 0.0733. The van der Waals surface area contributed by atoms with Crippen molar-refractivity contribution in [3.8, 4) is 34.3 Å². The number of aliphatic hydroxyl groups is 9. The summed E-state index contributed by atoms with van der Waals surface area (Å²) < 4.78 is 38.9. The third-order valence-corrected chi connectivity index (χ3v) is 9.24. The number of phenols is 2. The zero-order valence-electron chi connectivity index (χ0n) is 27.9. The Morgan fingerprint density at radius 2 is 1.30 bits per heavy atom. The number of carboxylic acid groups (broad SMARTS) is 1. The molecule has 0 radical (unpaired) electrons. The van der Waals surface area contributed by atoms with E-state index >= 15 is 0 Å². The lowest BCUT2D eigenvalue weighted by Crippen LogP contribution is -2.61. The monoisotopic (exact) mass is 770 g/mol. The Morgan fingerprint density at radius 1 is 0.704 bits per heavy atom. The minimum atomic E-state index is -2.03. The quantitative estimate of drug-likeness (QED) is 0.0991. The smallest absolute Gasteiger partial charge is 0.335 e. The molecule has 2 aromatic carbocycles. The molecule has 0 aliphatic carbocycles. The maximum absolute atomic E-state index is 14.0. The molecular weight excluding hydrogens is 732 g/mol. The number of phenolic OH excluding ortho intramolecular Hbond substituents is 2. The SMILES string of the molecule is CC1OC(OCC2OC(Oc3c(-c4ccc(O)cc4)oc4cc(OC5OC(C(=O)O)C(O)C(O)C5O)cc(O)c4c3=O)C(O)C(O)C2O)C(O)C(O)C1O. The highest BCUT2D eigenvalue weighted by Gasteiger charge is 2.49. The van der Waals surface area contributed by atoms with E-state index in [0.717, 1.165) is 12.1 Å². The Kier molecular flexibility index (Phi) is 11.3. The first-order valence-electron chi connectivity index (χ1n) is 16.4. The average molecular weight is 771 g/mol. The number of carboxylic acids is 1. The van der Waals surface area contributed by atoms with Crippen molar-refractivity contribution in [1.29, 1.82) is 0 Å². The number of ether oxygens (including phenoxy) is 6. The molecule has 3 saturated heterocycles. The number of hydrogen-bond acceptors (Lipinski definition) is 20. The summed E-state index contributed by atoms with van der Waals surface area (Å²) in [6.07, 6.45) is -26.5. The second kappa shape index (κ2) is 15.5. The molecule has 15 unspecified atom stereocenters. The maximum atomic E-state index is 14.0. The Labute approximate surface area is 302 Å². The van der Waals surface area contributed by atoms with Gasteiger partial charge in [0.25, 0.3) is 0 Å². The molecule has 3 aliphatic heterocycles. The molecule has 0 amide bonds. The second-order valence-electron chi connectivity index (χ2n) is 13.0. The minimum Gasteiger partial charge on any atom is -0.508 e. The van der Waals surface area contributed by atoms with E-state index in [1.54, 1.807) is 0 Å². The molecule has 1 aromatic heterocycles. The summed E-state index contributed by atoms with van der Waals surface area (Å²) in [7, 11) is 0. The lowest BCUT2D eigenvalue weighted by molar-refractivity contribution is -0.318. The molecular formula is C33H38O21. The van der Waals surface area contributed by atoms with Gasteiger partial charge in [-0.25, -0.2) is 4.79 Å². The number of aliphatic hydroxyl groups excluding tert-OH is 9. The van der Waals surface area contributed by atoms with Crippen LogP contribution in [0.3, 0.4) is 0 Å². The van der Waals surface area contributed by atoms with Crippen molar-refractivity contribution < 1.29 is 98.9 Å². The molecule has 296 valence electrons. The molecule has 3 aliphatic rings. The highest BCUT2D eigenvalue weighted by atomic mass is 16.7. The number of benzene rings is 2. The van der Waals surface area contributed by atoms with Crippen LogP contribution in [-0.2, 0) is 23.7 Å². The van der Waals surface area contributed by atoms with Gasteiger partial charge in [-0.1, -0.05) is 0 Å². The van der Waals surface area contributed by atoms with Gasteiger partial charge in [-0.2, -0.15) is 0 Å². The number of aliphatic carboxylic acids is 1. The third kappa shape index (κ3) is 7.42. The van der Waals surface area contributed by atoms with E-state index in [1.165, 1.54) is 31.2 Å². The molecule has 0 spiro atoms. The molecule has 54 heavy (non-hydrogen) atoms. The van der Waals surface area contributed by atoms with Gasteiger partial charge in [-0.05, 0) is 31.2 Å². The number of rotatable bonds is 9. The second-order valence-corrected chi connectivity index (χ2v) is 13.0. The molecule has 15 atom stereocenters. The summed E-state index contributed by atoms with van der Waals surface area (Å²) in [4.78, 5) is 25.6. The first-order chi connectivity index (χ1) is 25.5. The largest absolute Gasteiger partial charge is 0.508 e. The van der Waals surface area contributed by atoms with E-state index in [-0.39, 0.29) is 17.1 Å². The Morgan fingerprint density at radius 3 is 1.94 bits per heavy atom. The van der Waals surface area contributed by atoms with Crippen molar-refractivity contribution in [2.24, 2.45) is 0 Å². The third-order valence-electron chi connectivity index (χ3n) is 9.24. The number of carbonyl (C=O) groups is 1. The molecule has 12 N–H and O–H groups in total. The van der Waals surface area contributed by atoms with Crippen LogP contribution in [0.15, 0.2) is 45.6 Å². The van der Waals surface area contributed by atoms with Crippen molar-refractivity contribution in [1.82, 2.24) is 0 Å². The molecule has 4 heterocycles. The van der Waals surface area contributed by atoms with Crippen LogP contribution in [0.25, 0.3) is 22.3 Å². The normalized spacial score (nSPS) is 37.2. The van der Waals surface area contributed by atoms with Gasteiger partial charge in [0, 0.05) is 17.7 Å². The van der Waals surface area contributed by atoms with Crippen LogP contribution in [0.1, 0.15) is 6.92 Å². The first kappa shape index (κ1) is 39.5. The highest BCUT2D eigenvalue weighted by Crippen LogP contribution is 2.39. The van der Waals surface area contributed by atoms with Crippen LogP contribution in [0, 0.1) is 0 Å². The van der Waals surface area contributed by atoms with Gasteiger partial charge in [0.15, 0.2) is 18.2 Å². The number of aromatic hydroxyl groups is 2. The molecule has 3 fully saturated rings. The molecule has 21 nitrogen and oxygen atoms in total. The fraction of sp³-hybridized carbons (Fsp3) is 0.515. The van der Waals surface area contributed by atoms with Gasteiger partial charge in [0.05, 0.1) is 12.7 Å². The van der Waals surface area contributed by atoms with Crippen LogP contribution < -0.4 is 14.9 Å². The van der Waals surface area contributed by atoms with Crippen molar-refractivity contribution >= 4 is 16.9 Å². The summed E-state index contributed by atoms with van der Waals surface area (Å²) in [5.41, 5.74) is -1.42. The van der Waals surface area contributed by atoms with Crippen molar-refractivity contribution in [2.75, 3.05) is 6.61 Å². The van der Waals surface area contributed by atoms with Gasteiger partial charge in [-0.15, -0.1) is 0 Å². The Bertz CT molecular complexity index is 1870. The zero-order chi connectivity index (χ0) is 39.3. The first-order valence-corrected chi connectivity index (χ1v) is 16.4. The molecule has 21 heteroatoms. The van der Waals surface area contributed by atoms with Crippen LogP contribution >= 0.6 is 0 Å². The standard InChI is InChI=1S/C33H38O21/c1-9-17(36)20(39)24(43)31(49-9)48-8-15-18(37)21(40)25(44)33(52-15)53-28-19(38)16-13(35)6-12(7-14(16)51-27(28)10-2-4-11(34)5-3-10)50-32-26(45)22(41)23(42)29(54-32)30(46)47/h2-7,9,15,17-18,20-26,29,31-37,39-45H,8H2,1H3,(H,46,47). The summed E-state index contributed by atoms with van der Waals surface area (Å²) in [6.45, 7) is 0.757. The predicted molar refractivity (Wildman–Crippen MR) is 172 cm³/mol. The highest BCUT2D eigenvalue weighted by molar-refractivity contribution is 5.88. The summed E-state index contributed by atoms with van der Waals surface area (Å²) in [5, 5.41) is 123. The van der Waals surface area contributed by atoms with Gasteiger partial charge in [0.2, 0.25) is 23.8 Å². The van der Waals surface area contributed by atoms with Gasteiger partial charge in [-0.3, -0.25) is 4.79 Å². The van der Waals surface area contributed by atoms with Gasteiger partial charge >= 0.3 is 5.97 Å². The Balaban J connectivity index is 1.32. The average Bonchev–Trinajstić information content (AvgIpc) is 3.13. The van der Waals surface area contributed by atoms with Gasteiger partial charge in [0.1, 0.15) is 89.3 Å². The maximum Gasteiger partial charge on any atom is 0.335 e. The summed E-state index contributed by atoms with van der Waals surface area (Å²) in [6, 6.07) is 6.92. The number of fused-ring (bicyclic) bond motifs is 1. The van der Waals surface area contributed by atoms with Gasteiger partial charge < -0.3 is 94.1 Å². The van der Waals surface area contributed by atoms with E-state index in [2.05, 4.69) is 0 Å². The van der Waals surface area contributed by atoms with Crippen LogP contribution in [0.5, 0.6) is 23.0 Å². The fourth-order valence-electron chi connectivity index (χ4n) is 6.13. The van der Waals surface area contributed by atoms with E-state index in [0.29, 0.717) is 0 Å². The molecule has 0 saturated carbocycles. The summed E-state index contributed by atoms with van der Waals surface area (Å²) in [5.74, 6) is -4.18. The van der Waals surface area contributed by atoms with Crippen LogP contribution in [0.2, 0.25) is 0 Å². The number of hydrogen-bond donors (Lipinski definition) is 12. The van der Waals surface area contributed by atoms with Crippen molar-refractivity contribution in [3.05, 3.63) is 46.6 Å². The lowest BCUT2D eigenvalue weighted by Gasteiger charge is -2.42. The predicted octanol–water partition coefficient (Wildman–Crippen LogP) is -3.83. The molecule has 0 bridgehead atoms. The fourth-order valence-corrected chi connectivity index (χ4v) is 6.13. The van der Waals surface area contributed by atoms with Crippen LogP contribution in [0.4, 0.5) is 0 Å². The van der Waals surface area contributed by atoms with Crippen LogP contribution in [-0.4, -0.2) is 166 Å². The Hall–Kier alpha value is -4.20.